The molecule has 13 heteroatoms. The van der Waals surface area contributed by atoms with Gasteiger partial charge in [0.2, 0.25) is 23.2 Å². The Balaban J connectivity index is 1.60. The molecule has 3 aliphatic rings. The Bertz CT molecular complexity index is 1380. The molecule has 6 rings (SSSR count). The average Bonchev–Trinajstić information content (AvgIpc) is 3.37. The van der Waals surface area contributed by atoms with Crippen molar-refractivity contribution in [3.63, 3.8) is 0 Å². The van der Waals surface area contributed by atoms with Gasteiger partial charge in [0.05, 0.1) is 29.3 Å². The molecule has 3 aromatic rings. The molecule has 176 valence electrons. The smallest absolute Gasteiger partial charge is 0.328 e. The van der Waals surface area contributed by atoms with Crippen molar-refractivity contribution < 1.29 is 28.0 Å². The maximum Gasteiger partial charge on any atom is 0.328 e. The van der Waals surface area contributed by atoms with Gasteiger partial charge >= 0.3 is 6.03 Å². The number of nitrogens with one attached hydrogen (secondary N) is 2. The number of hydrogen-bond acceptors (Lipinski definition) is 9. The van der Waals surface area contributed by atoms with E-state index in [2.05, 4.69) is 25.9 Å². The minimum Gasteiger partial charge on any atom is -0.372 e. The van der Waals surface area contributed by atoms with Crippen LogP contribution in [0, 0.1) is 18.2 Å². The van der Waals surface area contributed by atoms with E-state index >= 15 is 4.39 Å². The number of benzene rings is 1. The lowest BCUT2D eigenvalue weighted by Crippen LogP contribution is -2.75. The van der Waals surface area contributed by atoms with E-state index in [0.29, 0.717) is 16.8 Å². The maximum absolute atomic E-state index is 16.0. The number of halogens is 1. The summed E-state index contributed by atoms with van der Waals surface area (Å²) in [5, 5.41) is 12.9. The number of imide groups is 2. The van der Waals surface area contributed by atoms with E-state index in [0.717, 1.165) is 0 Å². The molecule has 0 saturated carbocycles. The van der Waals surface area contributed by atoms with Gasteiger partial charge in [-0.15, -0.1) is 0 Å². The van der Waals surface area contributed by atoms with Crippen LogP contribution in [-0.4, -0.2) is 62.6 Å². The monoisotopic (exact) mass is 469 g/mol. The standard InChI is InChI=1S/C21H20FN7O5/c1-8-6-28-14-11(4-12-15(13(14)22)34-27-17(12)29-7-23-10(3)26-29)5-21(16(28)9(2)33-8)18(30)24-20(32)25-19(21)31/h4,7-9,16H,5-6H2,1-3H3,(H2,24,25,30,31,32)/t8-,9+,16-/m0/s1. The lowest BCUT2D eigenvalue weighted by molar-refractivity contribution is -0.153. The quantitative estimate of drug-likeness (QED) is 0.493. The van der Waals surface area contributed by atoms with Gasteiger partial charge < -0.3 is 14.2 Å². The van der Waals surface area contributed by atoms with Crippen LogP contribution in [0.2, 0.25) is 0 Å². The Morgan fingerprint density at radius 3 is 2.62 bits per heavy atom. The van der Waals surface area contributed by atoms with Crippen molar-refractivity contribution in [1.82, 2.24) is 30.6 Å². The Kier molecular flexibility index (Phi) is 4.16. The van der Waals surface area contributed by atoms with Crippen LogP contribution >= 0.6 is 0 Å². The zero-order chi connectivity index (χ0) is 23.9. The van der Waals surface area contributed by atoms with Gasteiger partial charge in [0, 0.05) is 13.0 Å². The van der Waals surface area contributed by atoms with E-state index in [4.69, 9.17) is 9.26 Å². The van der Waals surface area contributed by atoms with Crippen molar-refractivity contribution in [3.05, 3.63) is 29.6 Å². The van der Waals surface area contributed by atoms with Crippen LogP contribution in [0.4, 0.5) is 14.9 Å². The van der Waals surface area contributed by atoms with Gasteiger partial charge in [0.1, 0.15) is 12.2 Å². The number of carbonyl (C=O) groups excluding carboxylic acids is 3. The number of aromatic nitrogens is 4. The minimum atomic E-state index is -1.71. The normalized spacial score (nSPS) is 25.8. The predicted molar refractivity (Wildman–Crippen MR) is 113 cm³/mol. The van der Waals surface area contributed by atoms with Crippen LogP contribution in [0.25, 0.3) is 16.8 Å². The molecule has 1 aromatic carbocycles. The Morgan fingerprint density at radius 2 is 1.94 bits per heavy atom. The Morgan fingerprint density at radius 1 is 1.21 bits per heavy atom. The first kappa shape index (κ1) is 20.7. The van der Waals surface area contributed by atoms with Crippen LogP contribution in [-0.2, 0) is 20.7 Å². The summed E-state index contributed by atoms with van der Waals surface area (Å²) in [6, 6.07) is -0.0899. The fourth-order valence-electron chi connectivity index (χ4n) is 5.55. The molecule has 3 aliphatic heterocycles. The maximum atomic E-state index is 16.0. The number of barbiturate groups is 1. The molecule has 0 radical (unpaired) electrons. The average molecular weight is 469 g/mol. The van der Waals surface area contributed by atoms with E-state index in [9.17, 15) is 14.4 Å². The molecular formula is C21H20FN7O5. The second-order valence-electron chi connectivity index (χ2n) is 8.95. The number of morpholine rings is 1. The number of aryl methyl sites for hydroxylation is 1. The fraction of sp³-hybridized carbons (Fsp3) is 0.429. The number of fused-ring (bicyclic) bond motifs is 5. The SMILES string of the molecule is Cc1ncn(-c2noc3c(F)c4c(cc23)CC2(C(=O)NC(=O)NC2=O)[C@@H]2[C@@H](C)O[C@@H](C)CN42)n1. The molecule has 1 spiro atoms. The number of rotatable bonds is 1. The van der Waals surface area contributed by atoms with Gasteiger partial charge in [0.15, 0.2) is 11.2 Å². The Hall–Kier alpha value is -3.87. The summed E-state index contributed by atoms with van der Waals surface area (Å²) in [4.78, 5) is 44.1. The van der Waals surface area contributed by atoms with Gasteiger partial charge in [-0.1, -0.05) is 5.16 Å². The molecule has 2 aromatic heterocycles. The highest BCUT2D eigenvalue weighted by atomic mass is 19.1. The zero-order valence-corrected chi connectivity index (χ0v) is 18.5. The van der Waals surface area contributed by atoms with Crippen molar-refractivity contribution in [3.8, 4) is 5.82 Å². The molecule has 12 nitrogen and oxygen atoms in total. The van der Waals surface area contributed by atoms with Gasteiger partial charge in [-0.05, 0) is 32.4 Å². The molecule has 34 heavy (non-hydrogen) atoms. The lowest BCUT2D eigenvalue weighted by Gasteiger charge is -2.55. The van der Waals surface area contributed by atoms with Crippen LogP contribution in [0.15, 0.2) is 16.9 Å². The molecule has 4 amide bonds. The number of urea groups is 1. The topological polar surface area (TPSA) is 144 Å². The number of hydrogen-bond donors (Lipinski definition) is 2. The third-order valence-corrected chi connectivity index (χ3v) is 6.77. The summed E-state index contributed by atoms with van der Waals surface area (Å²) in [6.07, 6.45) is 0.370. The molecule has 5 heterocycles. The van der Waals surface area contributed by atoms with Crippen LogP contribution < -0.4 is 15.5 Å². The molecular weight excluding hydrogens is 449 g/mol. The van der Waals surface area contributed by atoms with Gasteiger partial charge in [0.25, 0.3) is 0 Å². The summed E-state index contributed by atoms with van der Waals surface area (Å²) < 4.78 is 28.7. The van der Waals surface area contributed by atoms with E-state index in [1.165, 1.54) is 11.0 Å². The van der Waals surface area contributed by atoms with Crippen molar-refractivity contribution in [1.29, 1.82) is 0 Å². The summed E-state index contributed by atoms with van der Waals surface area (Å²) in [5.74, 6) is -1.43. The van der Waals surface area contributed by atoms with Crippen molar-refractivity contribution in [2.75, 3.05) is 11.4 Å². The first-order chi connectivity index (χ1) is 16.2. The summed E-state index contributed by atoms with van der Waals surface area (Å²) >= 11 is 0. The summed E-state index contributed by atoms with van der Waals surface area (Å²) in [5.41, 5.74) is -1.15. The van der Waals surface area contributed by atoms with E-state index in [-0.39, 0.29) is 36.2 Å². The van der Waals surface area contributed by atoms with Crippen molar-refractivity contribution in [2.24, 2.45) is 5.41 Å². The lowest BCUT2D eigenvalue weighted by atomic mass is 9.66. The second kappa shape index (κ2) is 6.82. The summed E-state index contributed by atoms with van der Waals surface area (Å²) in [7, 11) is 0. The van der Waals surface area contributed by atoms with Gasteiger partial charge in [-0.25, -0.2) is 14.2 Å². The number of nitrogens with zero attached hydrogens (tertiary/aromatic N) is 5. The van der Waals surface area contributed by atoms with E-state index < -0.39 is 41.2 Å². The highest BCUT2D eigenvalue weighted by Gasteiger charge is 2.63. The molecule has 3 atom stereocenters. The second-order valence-corrected chi connectivity index (χ2v) is 8.95. The first-order valence-electron chi connectivity index (χ1n) is 10.8. The zero-order valence-electron chi connectivity index (χ0n) is 18.5. The van der Waals surface area contributed by atoms with E-state index in [1.54, 1.807) is 24.8 Å². The molecule has 0 aliphatic carbocycles. The van der Waals surface area contributed by atoms with Crippen molar-refractivity contribution in [2.45, 2.75) is 45.4 Å². The van der Waals surface area contributed by atoms with Crippen molar-refractivity contribution >= 4 is 34.5 Å². The Labute approximate surface area is 191 Å². The summed E-state index contributed by atoms with van der Waals surface area (Å²) in [6.45, 7) is 5.48. The third-order valence-electron chi connectivity index (χ3n) is 6.77. The predicted octanol–water partition coefficient (Wildman–Crippen LogP) is 0.747. The number of amides is 4. The largest absolute Gasteiger partial charge is 0.372 e. The van der Waals surface area contributed by atoms with Crippen LogP contribution in [0.1, 0.15) is 25.2 Å². The minimum absolute atomic E-state index is 0.0730. The molecule has 2 fully saturated rings. The van der Waals surface area contributed by atoms with Crippen LogP contribution in [0.3, 0.4) is 0 Å². The highest BCUT2D eigenvalue weighted by molar-refractivity contribution is 6.20. The van der Waals surface area contributed by atoms with Gasteiger partial charge in [-0.3, -0.25) is 20.2 Å². The van der Waals surface area contributed by atoms with Crippen LogP contribution in [0.5, 0.6) is 0 Å². The third kappa shape index (κ3) is 2.61. The fourth-order valence-corrected chi connectivity index (χ4v) is 5.55. The van der Waals surface area contributed by atoms with Gasteiger partial charge in [-0.2, -0.15) is 9.78 Å². The first-order valence-corrected chi connectivity index (χ1v) is 10.8. The highest BCUT2D eigenvalue weighted by Crippen LogP contribution is 2.49. The molecule has 0 bridgehead atoms. The van der Waals surface area contributed by atoms with E-state index in [1.807, 2.05) is 6.92 Å². The number of ether oxygens (including phenoxy) is 1. The molecule has 0 unspecified atom stereocenters. The molecule has 2 saturated heterocycles. The molecule has 2 N–H and O–H groups in total. The number of carbonyl (C=O) groups is 3. The number of anilines is 1.